The van der Waals surface area contributed by atoms with E-state index in [0.717, 1.165) is 27.7 Å². The van der Waals surface area contributed by atoms with Gasteiger partial charge in [-0.25, -0.2) is 0 Å². The van der Waals surface area contributed by atoms with Gasteiger partial charge in [-0.1, -0.05) is 30.3 Å². The van der Waals surface area contributed by atoms with E-state index in [1.54, 1.807) is 12.4 Å². The monoisotopic (exact) mass is 257 g/mol. The average molecular weight is 257 g/mol. The van der Waals surface area contributed by atoms with E-state index in [1.807, 2.05) is 36.5 Å². The van der Waals surface area contributed by atoms with Crippen LogP contribution in [0.4, 0.5) is 0 Å². The first kappa shape index (κ1) is 11.1. The van der Waals surface area contributed by atoms with Crippen molar-refractivity contribution in [3.63, 3.8) is 0 Å². The van der Waals surface area contributed by atoms with Crippen LogP contribution in [0.2, 0.25) is 0 Å². The molecule has 0 aliphatic heterocycles. The summed E-state index contributed by atoms with van der Waals surface area (Å²) in [6.45, 7) is 0. The maximum absolute atomic E-state index is 4.54. The van der Waals surface area contributed by atoms with Crippen LogP contribution in [0.3, 0.4) is 0 Å². The van der Waals surface area contributed by atoms with Crippen molar-refractivity contribution in [1.29, 1.82) is 0 Å². The predicted molar refractivity (Wildman–Crippen MR) is 80.3 cm³/mol. The van der Waals surface area contributed by atoms with Gasteiger partial charge in [0.25, 0.3) is 0 Å². The number of hydrogen-bond donors (Lipinski definition) is 0. The zero-order valence-corrected chi connectivity index (χ0v) is 10.7. The molecule has 2 aromatic heterocycles. The first-order valence-corrected chi connectivity index (χ1v) is 6.46. The molecular weight excluding hydrogens is 246 g/mol. The SMILES string of the molecule is c1ccc2cc(-c3ccc4nccnc4c3)ncc2c1. The minimum atomic E-state index is 0.889. The molecule has 20 heavy (non-hydrogen) atoms. The molecule has 94 valence electrons. The van der Waals surface area contributed by atoms with Gasteiger partial charge in [0, 0.05) is 29.5 Å². The van der Waals surface area contributed by atoms with Gasteiger partial charge in [-0.2, -0.15) is 0 Å². The topological polar surface area (TPSA) is 38.7 Å². The first-order valence-electron chi connectivity index (χ1n) is 6.46. The summed E-state index contributed by atoms with van der Waals surface area (Å²) < 4.78 is 0. The average Bonchev–Trinajstić information content (AvgIpc) is 2.54. The molecule has 3 heteroatoms. The molecule has 4 aromatic rings. The molecule has 0 spiro atoms. The van der Waals surface area contributed by atoms with Gasteiger partial charge in [-0.3, -0.25) is 15.0 Å². The van der Waals surface area contributed by atoms with Crippen molar-refractivity contribution in [2.75, 3.05) is 0 Å². The summed E-state index contributed by atoms with van der Waals surface area (Å²) in [4.78, 5) is 13.2. The van der Waals surface area contributed by atoms with Crippen LogP contribution in [0.15, 0.2) is 67.1 Å². The fourth-order valence-corrected chi connectivity index (χ4v) is 2.36. The normalized spacial score (nSPS) is 11.0. The van der Waals surface area contributed by atoms with E-state index < -0.39 is 0 Å². The molecule has 2 aromatic carbocycles. The largest absolute Gasteiger partial charge is 0.256 e. The van der Waals surface area contributed by atoms with Crippen molar-refractivity contribution in [1.82, 2.24) is 15.0 Å². The molecular formula is C17H11N3. The van der Waals surface area contributed by atoms with Crippen LogP contribution in [-0.4, -0.2) is 15.0 Å². The minimum Gasteiger partial charge on any atom is -0.256 e. The van der Waals surface area contributed by atoms with Gasteiger partial charge in [-0.05, 0) is 23.6 Å². The Bertz CT molecular complexity index is 838. The Labute approximate surface area is 116 Å². The second kappa shape index (κ2) is 4.38. The molecule has 2 heterocycles. The maximum Gasteiger partial charge on any atom is 0.0893 e. The van der Waals surface area contributed by atoms with E-state index in [1.165, 1.54) is 5.39 Å². The van der Waals surface area contributed by atoms with Gasteiger partial charge in [0.2, 0.25) is 0 Å². The van der Waals surface area contributed by atoms with E-state index in [9.17, 15) is 0 Å². The summed E-state index contributed by atoms with van der Waals surface area (Å²) >= 11 is 0. The molecule has 0 fully saturated rings. The first-order chi connectivity index (χ1) is 9.90. The Morgan fingerprint density at radius 2 is 1.45 bits per heavy atom. The Kier molecular flexibility index (Phi) is 2.42. The van der Waals surface area contributed by atoms with Crippen LogP contribution < -0.4 is 0 Å². The molecule has 0 saturated heterocycles. The fourth-order valence-electron chi connectivity index (χ4n) is 2.36. The van der Waals surface area contributed by atoms with Crippen LogP contribution in [0.25, 0.3) is 33.1 Å². The van der Waals surface area contributed by atoms with Gasteiger partial charge in [0.15, 0.2) is 0 Å². The van der Waals surface area contributed by atoms with Crippen molar-refractivity contribution in [2.45, 2.75) is 0 Å². The molecule has 0 radical (unpaired) electrons. The van der Waals surface area contributed by atoms with Crippen LogP contribution in [0.5, 0.6) is 0 Å². The lowest BCUT2D eigenvalue weighted by Gasteiger charge is -2.04. The fraction of sp³-hybridized carbons (Fsp3) is 0. The number of fused-ring (bicyclic) bond motifs is 2. The molecule has 0 unspecified atom stereocenters. The van der Waals surface area contributed by atoms with Crippen molar-refractivity contribution in [2.24, 2.45) is 0 Å². The Hall–Kier alpha value is -2.81. The van der Waals surface area contributed by atoms with E-state index in [2.05, 4.69) is 33.2 Å². The summed E-state index contributed by atoms with van der Waals surface area (Å²) in [5.74, 6) is 0. The van der Waals surface area contributed by atoms with Crippen molar-refractivity contribution < 1.29 is 0 Å². The number of aromatic nitrogens is 3. The van der Waals surface area contributed by atoms with E-state index >= 15 is 0 Å². The van der Waals surface area contributed by atoms with Crippen LogP contribution in [-0.2, 0) is 0 Å². The molecule has 0 N–H and O–H groups in total. The van der Waals surface area contributed by atoms with Crippen LogP contribution >= 0.6 is 0 Å². The highest BCUT2D eigenvalue weighted by atomic mass is 14.8. The third kappa shape index (κ3) is 1.80. The molecule has 0 bridgehead atoms. The number of pyridine rings is 1. The minimum absolute atomic E-state index is 0.889. The molecule has 0 aliphatic carbocycles. The van der Waals surface area contributed by atoms with Gasteiger partial charge < -0.3 is 0 Å². The summed E-state index contributed by atoms with van der Waals surface area (Å²) in [5.41, 5.74) is 3.80. The molecule has 4 rings (SSSR count). The summed E-state index contributed by atoms with van der Waals surface area (Å²) in [6, 6.07) is 16.4. The second-order valence-corrected chi connectivity index (χ2v) is 4.68. The van der Waals surface area contributed by atoms with Gasteiger partial charge in [0.1, 0.15) is 0 Å². The number of nitrogens with zero attached hydrogens (tertiary/aromatic N) is 3. The smallest absolute Gasteiger partial charge is 0.0893 e. The van der Waals surface area contributed by atoms with E-state index in [-0.39, 0.29) is 0 Å². The molecule has 0 aliphatic rings. The summed E-state index contributed by atoms with van der Waals surface area (Å²) in [5, 5.41) is 2.34. The van der Waals surface area contributed by atoms with Crippen LogP contribution in [0.1, 0.15) is 0 Å². The Balaban J connectivity index is 1.91. The molecule has 0 atom stereocenters. The van der Waals surface area contributed by atoms with Gasteiger partial charge >= 0.3 is 0 Å². The molecule has 0 amide bonds. The highest BCUT2D eigenvalue weighted by molar-refractivity contribution is 5.87. The van der Waals surface area contributed by atoms with Gasteiger partial charge in [0.05, 0.1) is 16.7 Å². The summed E-state index contributed by atoms with van der Waals surface area (Å²) in [7, 11) is 0. The molecule has 0 saturated carbocycles. The highest BCUT2D eigenvalue weighted by Crippen LogP contribution is 2.23. The van der Waals surface area contributed by atoms with Crippen LogP contribution in [0, 0.1) is 0 Å². The Morgan fingerprint density at radius 1 is 0.650 bits per heavy atom. The Morgan fingerprint density at radius 3 is 2.35 bits per heavy atom. The van der Waals surface area contributed by atoms with Gasteiger partial charge in [-0.15, -0.1) is 0 Å². The van der Waals surface area contributed by atoms with Crippen molar-refractivity contribution in [3.8, 4) is 11.3 Å². The molecule has 3 nitrogen and oxygen atoms in total. The number of benzene rings is 2. The lowest BCUT2D eigenvalue weighted by atomic mass is 10.1. The number of hydrogen-bond acceptors (Lipinski definition) is 3. The lowest BCUT2D eigenvalue weighted by molar-refractivity contribution is 1.29. The second-order valence-electron chi connectivity index (χ2n) is 4.68. The predicted octanol–water partition coefficient (Wildman–Crippen LogP) is 3.85. The third-order valence-electron chi connectivity index (χ3n) is 3.40. The summed E-state index contributed by atoms with van der Waals surface area (Å²) in [6.07, 6.45) is 5.32. The zero-order chi connectivity index (χ0) is 13.4. The standard InChI is InChI=1S/C17H11N3/c1-2-4-14-11-20-16(9-12(14)3-1)13-5-6-15-17(10-13)19-8-7-18-15/h1-11H. The zero-order valence-electron chi connectivity index (χ0n) is 10.7. The van der Waals surface area contributed by atoms with Crippen molar-refractivity contribution >= 4 is 21.8 Å². The maximum atomic E-state index is 4.54. The van der Waals surface area contributed by atoms with E-state index in [4.69, 9.17) is 0 Å². The quantitative estimate of drug-likeness (QED) is 0.520. The van der Waals surface area contributed by atoms with Crippen molar-refractivity contribution in [3.05, 3.63) is 67.1 Å². The lowest BCUT2D eigenvalue weighted by Crippen LogP contribution is -1.87. The highest BCUT2D eigenvalue weighted by Gasteiger charge is 2.03. The number of rotatable bonds is 1. The van der Waals surface area contributed by atoms with E-state index in [0.29, 0.717) is 0 Å². The third-order valence-corrected chi connectivity index (χ3v) is 3.40.